The van der Waals surface area contributed by atoms with E-state index in [1.54, 1.807) is 11.3 Å². The van der Waals surface area contributed by atoms with Gasteiger partial charge in [0, 0.05) is 22.8 Å². The minimum absolute atomic E-state index is 0.0735. The number of aromatic nitrogens is 2. The topological polar surface area (TPSA) is 38.0 Å². The molecule has 0 fully saturated rings. The molecule has 4 heteroatoms. The van der Waals surface area contributed by atoms with E-state index in [0.717, 1.165) is 17.6 Å². The van der Waals surface area contributed by atoms with Crippen molar-refractivity contribution in [3.8, 4) is 0 Å². The van der Waals surface area contributed by atoms with Crippen LogP contribution >= 0.6 is 11.3 Å². The maximum atomic E-state index is 9.38. The Morgan fingerprint density at radius 1 is 1.29 bits per heavy atom. The molecule has 0 saturated carbocycles. The van der Waals surface area contributed by atoms with Crippen LogP contribution < -0.4 is 0 Å². The molecule has 0 spiro atoms. The van der Waals surface area contributed by atoms with Crippen molar-refractivity contribution < 1.29 is 5.11 Å². The van der Waals surface area contributed by atoms with Crippen molar-refractivity contribution in [2.24, 2.45) is 0 Å². The molecule has 3 nitrogen and oxygen atoms in total. The van der Waals surface area contributed by atoms with E-state index in [0.29, 0.717) is 0 Å². The first-order valence-corrected chi connectivity index (χ1v) is 6.31. The summed E-state index contributed by atoms with van der Waals surface area (Å²) in [6.45, 7) is 0.884. The van der Waals surface area contributed by atoms with Gasteiger partial charge in [0.25, 0.3) is 0 Å². The molecule has 3 rings (SSSR count). The Morgan fingerprint density at radius 3 is 3.00 bits per heavy atom. The monoisotopic (exact) mass is 244 g/mol. The van der Waals surface area contributed by atoms with Crippen molar-refractivity contribution in [1.82, 2.24) is 9.55 Å². The Kier molecular flexibility index (Phi) is 2.66. The zero-order valence-electron chi connectivity index (χ0n) is 9.21. The molecule has 0 unspecified atom stereocenters. The van der Waals surface area contributed by atoms with Crippen molar-refractivity contribution in [3.05, 3.63) is 52.6 Å². The lowest BCUT2D eigenvalue weighted by molar-refractivity contribution is 0.283. The first-order chi connectivity index (χ1) is 8.38. The van der Waals surface area contributed by atoms with Crippen LogP contribution in [0.25, 0.3) is 10.9 Å². The standard InChI is InChI=1S/C13H12N2OS/c16-8-11-3-1-2-10-4-5-15(13(10)11)7-12-6-14-9-17-12/h1-6,9,16H,7-8H2. The first-order valence-electron chi connectivity index (χ1n) is 5.43. The predicted octanol–water partition coefficient (Wildman–Crippen LogP) is 2.64. The Morgan fingerprint density at radius 2 is 2.24 bits per heavy atom. The van der Waals surface area contributed by atoms with Crippen molar-refractivity contribution in [2.75, 3.05) is 0 Å². The second-order valence-corrected chi connectivity index (χ2v) is 4.90. The molecule has 0 radical (unpaired) electrons. The van der Waals surface area contributed by atoms with Crippen LogP contribution in [0.5, 0.6) is 0 Å². The number of aliphatic hydroxyl groups is 1. The molecular formula is C13H12N2OS. The minimum Gasteiger partial charge on any atom is -0.392 e. The van der Waals surface area contributed by atoms with Crippen molar-refractivity contribution in [3.63, 3.8) is 0 Å². The maximum Gasteiger partial charge on any atom is 0.0794 e. The minimum atomic E-state index is 0.0735. The molecule has 1 aromatic carbocycles. The van der Waals surface area contributed by atoms with Gasteiger partial charge < -0.3 is 9.67 Å². The fraction of sp³-hybridized carbons (Fsp3) is 0.154. The molecule has 0 aliphatic carbocycles. The van der Waals surface area contributed by atoms with Gasteiger partial charge in [-0.05, 0) is 11.5 Å². The van der Waals surface area contributed by atoms with Crippen molar-refractivity contribution in [1.29, 1.82) is 0 Å². The third kappa shape index (κ3) is 1.85. The van der Waals surface area contributed by atoms with Crippen LogP contribution in [0, 0.1) is 0 Å². The van der Waals surface area contributed by atoms with Crippen LogP contribution in [0.2, 0.25) is 0 Å². The Balaban J connectivity index is 2.10. The molecule has 0 aliphatic heterocycles. The third-order valence-corrected chi connectivity index (χ3v) is 3.62. The molecular weight excluding hydrogens is 232 g/mol. The van der Waals surface area contributed by atoms with E-state index in [9.17, 15) is 5.11 Å². The number of para-hydroxylation sites is 1. The maximum absolute atomic E-state index is 9.38. The van der Waals surface area contributed by atoms with Crippen LogP contribution in [0.3, 0.4) is 0 Å². The average Bonchev–Trinajstić information content (AvgIpc) is 2.99. The highest BCUT2D eigenvalue weighted by Crippen LogP contribution is 2.22. The summed E-state index contributed by atoms with van der Waals surface area (Å²) >= 11 is 1.65. The highest BCUT2D eigenvalue weighted by Gasteiger charge is 2.06. The summed E-state index contributed by atoms with van der Waals surface area (Å²) in [5.74, 6) is 0. The van der Waals surface area contributed by atoms with Crippen molar-refractivity contribution in [2.45, 2.75) is 13.2 Å². The van der Waals surface area contributed by atoms with Gasteiger partial charge in [-0.15, -0.1) is 11.3 Å². The number of aliphatic hydroxyl groups excluding tert-OH is 1. The van der Waals surface area contributed by atoms with Crippen molar-refractivity contribution >= 4 is 22.2 Å². The number of rotatable bonds is 3. The highest BCUT2D eigenvalue weighted by atomic mass is 32.1. The lowest BCUT2D eigenvalue weighted by Crippen LogP contribution is -1.98. The lowest BCUT2D eigenvalue weighted by Gasteiger charge is -2.06. The smallest absolute Gasteiger partial charge is 0.0794 e. The molecule has 17 heavy (non-hydrogen) atoms. The van der Waals surface area contributed by atoms with Gasteiger partial charge in [0.2, 0.25) is 0 Å². The van der Waals surface area contributed by atoms with E-state index in [2.05, 4.69) is 27.9 Å². The molecule has 2 aromatic heterocycles. The Bertz CT molecular complexity index is 628. The normalized spacial score (nSPS) is 11.1. The molecule has 3 aromatic rings. The second-order valence-electron chi connectivity index (χ2n) is 3.92. The summed E-state index contributed by atoms with van der Waals surface area (Å²) in [6.07, 6.45) is 3.95. The first kappa shape index (κ1) is 10.5. The van der Waals surface area contributed by atoms with E-state index in [1.807, 2.05) is 23.8 Å². The van der Waals surface area contributed by atoms with E-state index in [1.165, 1.54) is 10.3 Å². The number of hydrogen-bond acceptors (Lipinski definition) is 3. The quantitative estimate of drug-likeness (QED) is 0.769. The van der Waals surface area contributed by atoms with E-state index in [-0.39, 0.29) is 6.61 Å². The molecule has 0 aliphatic rings. The molecule has 1 N–H and O–H groups in total. The van der Waals surface area contributed by atoms with Gasteiger partial charge in [0.05, 0.1) is 24.2 Å². The molecule has 0 bridgehead atoms. The molecule has 0 saturated heterocycles. The van der Waals surface area contributed by atoms with Gasteiger partial charge in [-0.25, -0.2) is 0 Å². The van der Waals surface area contributed by atoms with Crippen LogP contribution in [-0.2, 0) is 13.2 Å². The summed E-state index contributed by atoms with van der Waals surface area (Å²) < 4.78 is 2.16. The summed E-state index contributed by atoms with van der Waals surface area (Å²) in [4.78, 5) is 5.30. The number of benzene rings is 1. The molecule has 0 atom stereocenters. The summed E-state index contributed by atoms with van der Waals surface area (Å²) in [5.41, 5.74) is 3.92. The third-order valence-electron chi connectivity index (χ3n) is 2.85. The second kappa shape index (κ2) is 4.31. The van der Waals surface area contributed by atoms with Crippen LogP contribution in [0.15, 0.2) is 42.2 Å². The van der Waals surface area contributed by atoms with Crippen LogP contribution in [0.1, 0.15) is 10.4 Å². The Hall–Kier alpha value is -1.65. The summed E-state index contributed by atoms with van der Waals surface area (Å²) in [6, 6.07) is 8.09. The SMILES string of the molecule is OCc1cccc2ccn(Cc3cncs3)c12. The van der Waals surface area contributed by atoms with Gasteiger partial charge >= 0.3 is 0 Å². The van der Waals surface area contributed by atoms with Gasteiger partial charge in [0.1, 0.15) is 0 Å². The zero-order valence-corrected chi connectivity index (χ0v) is 10.0. The number of fused-ring (bicyclic) bond motifs is 1. The van der Waals surface area contributed by atoms with Crippen LogP contribution in [0.4, 0.5) is 0 Å². The van der Waals surface area contributed by atoms with E-state index in [4.69, 9.17) is 0 Å². The van der Waals surface area contributed by atoms with Crippen LogP contribution in [-0.4, -0.2) is 14.7 Å². The predicted molar refractivity (Wildman–Crippen MR) is 69.1 cm³/mol. The fourth-order valence-electron chi connectivity index (χ4n) is 2.09. The highest BCUT2D eigenvalue weighted by molar-refractivity contribution is 7.09. The molecule has 0 amide bonds. The Labute approximate surface area is 103 Å². The van der Waals surface area contributed by atoms with Gasteiger partial charge in [-0.2, -0.15) is 0 Å². The van der Waals surface area contributed by atoms with E-state index >= 15 is 0 Å². The van der Waals surface area contributed by atoms with Gasteiger partial charge in [0.15, 0.2) is 0 Å². The summed E-state index contributed by atoms with van der Waals surface area (Å²) in [7, 11) is 0. The summed E-state index contributed by atoms with van der Waals surface area (Å²) in [5, 5.41) is 10.5. The number of nitrogens with zero attached hydrogens (tertiary/aromatic N) is 2. The molecule has 2 heterocycles. The molecule has 86 valence electrons. The largest absolute Gasteiger partial charge is 0.392 e. The average molecular weight is 244 g/mol. The fourth-order valence-corrected chi connectivity index (χ4v) is 2.68. The zero-order chi connectivity index (χ0) is 11.7. The number of thiazole rings is 1. The lowest BCUT2D eigenvalue weighted by atomic mass is 10.1. The van der Waals surface area contributed by atoms with E-state index < -0.39 is 0 Å². The van der Waals surface area contributed by atoms with Gasteiger partial charge in [-0.1, -0.05) is 18.2 Å². The van der Waals surface area contributed by atoms with Gasteiger partial charge in [-0.3, -0.25) is 4.98 Å². The number of hydrogen-bond donors (Lipinski definition) is 1.